The van der Waals surface area contributed by atoms with Gasteiger partial charge in [0.15, 0.2) is 5.13 Å². The number of thiophene rings is 1. The van der Waals surface area contributed by atoms with Crippen LogP contribution in [0.15, 0.2) is 41.8 Å². The summed E-state index contributed by atoms with van der Waals surface area (Å²) in [6, 6.07) is 11.5. The average Bonchev–Trinajstić information content (AvgIpc) is 3.18. The molecule has 1 aromatic carbocycles. The van der Waals surface area contributed by atoms with E-state index in [0.717, 1.165) is 21.9 Å². The largest absolute Gasteiger partial charge is 0.494 e. The molecule has 0 aliphatic carbocycles. The number of aromatic nitrogens is 1. The summed E-state index contributed by atoms with van der Waals surface area (Å²) < 4.78 is 5.45. The number of benzene rings is 1. The molecule has 0 spiro atoms. The molecule has 0 aliphatic rings. The lowest BCUT2D eigenvalue weighted by molar-refractivity contribution is 0.103. The van der Waals surface area contributed by atoms with Gasteiger partial charge in [0.1, 0.15) is 5.75 Å². The van der Waals surface area contributed by atoms with Gasteiger partial charge in [0, 0.05) is 10.4 Å². The van der Waals surface area contributed by atoms with E-state index in [1.807, 2.05) is 49.6 Å². The molecule has 0 atom stereocenters. The number of carbonyl (C=O) groups excluding carboxylic acids is 1. The molecule has 1 N–H and O–H groups in total. The van der Waals surface area contributed by atoms with Crippen molar-refractivity contribution in [3.8, 4) is 17.0 Å². The summed E-state index contributed by atoms with van der Waals surface area (Å²) in [6.45, 7) is 4.61. The molecular formula is C17H16N2O2S2. The van der Waals surface area contributed by atoms with Gasteiger partial charge in [-0.25, -0.2) is 4.98 Å². The number of thiazole rings is 1. The maximum Gasteiger partial charge on any atom is 0.267 e. The van der Waals surface area contributed by atoms with E-state index < -0.39 is 0 Å². The fraction of sp³-hybridized carbons (Fsp3) is 0.176. The number of rotatable bonds is 5. The van der Waals surface area contributed by atoms with Crippen molar-refractivity contribution in [3.63, 3.8) is 0 Å². The first kappa shape index (κ1) is 15.7. The van der Waals surface area contributed by atoms with Crippen molar-refractivity contribution in [3.05, 3.63) is 51.5 Å². The standard InChI is InChI=1S/C17H16N2O2S2/c1-3-21-13-8-6-12(7-9-13)15-11(2)23-17(18-15)19-16(20)14-5-4-10-22-14/h4-10H,3H2,1-2H3,(H,18,19,20). The lowest BCUT2D eigenvalue weighted by atomic mass is 10.1. The number of carbonyl (C=O) groups is 1. The van der Waals surface area contributed by atoms with Gasteiger partial charge >= 0.3 is 0 Å². The van der Waals surface area contributed by atoms with Crippen molar-refractivity contribution in [1.82, 2.24) is 4.98 Å². The summed E-state index contributed by atoms with van der Waals surface area (Å²) in [5.41, 5.74) is 1.90. The fourth-order valence-electron chi connectivity index (χ4n) is 2.16. The van der Waals surface area contributed by atoms with Crippen molar-refractivity contribution in [1.29, 1.82) is 0 Å². The Hall–Kier alpha value is -2.18. The van der Waals surface area contributed by atoms with Gasteiger partial charge < -0.3 is 4.74 Å². The van der Waals surface area contributed by atoms with E-state index in [-0.39, 0.29) is 5.91 Å². The van der Waals surface area contributed by atoms with Crippen LogP contribution in [-0.2, 0) is 0 Å². The van der Waals surface area contributed by atoms with Crippen molar-refractivity contribution < 1.29 is 9.53 Å². The van der Waals surface area contributed by atoms with Crippen LogP contribution in [0.2, 0.25) is 0 Å². The summed E-state index contributed by atoms with van der Waals surface area (Å²) in [4.78, 5) is 18.4. The minimum Gasteiger partial charge on any atom is -0.494 e. The van der Waals surface area contributed by atoms with Crippen molar-refractivity contribution in [2.75, 3.05) is 11.9 Å². The maximum atomic E-state index is 12.1. The molecule has 0 saturated carbocycles. The first-order valence-corrected chi connectivity index (χ1v) is 8.92. The van der Waals surface area contributed by atoms with Crippen LogP contribution in [-0.4, -0.2) is 17.5 Å². The normalized spacial score (nSPS) is 10.5. The zero-order valence-electron chi connectivity index (χ0n) is 12.8. The zero-order valence-corrected chi connectivity index (χ0v) is 14.5. The molecule has 4 nitrogen and oxygen atoms in total. The van der Waals surface area contributed by atoms with Crippen molar-refractivity contribution >= 4 is 33.7 Å². The summed E-state index contributed by atoms with van der Waals surface area (Å²) in [5.74, 6) is 0.724. The second kappa shape index (κ2) is 6.93. The van der Waals surface area contributed by atoms with Crippen LogP contribution in [0.4, 0.5) is 5.13 Å². The molecule has 2 aromatic heterocycles. The van der Waals surface area contributed by atoms with E-state index in [2.05, 4.69) is 10.3 Å². The molecule has 118 valence electrons. The Labute approximate surface area is 142 Å². The van der Waals surface area contributed by atoms with Gasteiger partial charge in [0.2, 0.25) is 0 Å². The monoisotopic (exact) mass is 344 g/mol. The highest BCUT2D eigenvalue weighted by Gasteiger charge is 2.13. The number of aryl methyl sites for hydroxylation is 1. The Morgan fingerprint density at radius 2 is 2.04 bits per heavy atom. The number of amides is 1. The van der Waals surface area contributed by atoms with Crippen LogP contribution in [0.1, 0.15) is 21.5 Å². The van der Waals surface area contributed by atoms with E-state index in [1.165, 1.54) is 22.7 Å². The molecule has 2 heterocycles. The number of hydrogen-bond donors (Lipinski definition) is 1. The highest BCUT2D eigenvalue weighted by atomic mass is 32.1. The van der Waals surface area contributed by atoms with E-state index in [9.17, 15) is 4.79 Å². The molecular weight excluding hydrogens is 328 g/mol. The molecule has 0 aliphatic heterocycles. The SMILES string of the molecule is CCOc1ccc(-c2nc(NC(=O)c3cccs3)sc2C)cc1. The van der Waals surface area contributed by atoms with Crippen LogP contribution in [0, 0.1) is 6.92 Å². The van der Waals surface area contributed by atoms with Crippen molar-refractivity contribution in [2.45, 2.75) is 13.8 Å². The number of hydrogen-bond acceptors (Lipinski definition) is 5. The Morgan fingerprint density at radius 1 is 1.26 bits per heavy atom. The number of nitrogens with one attached hydrogen (secondary N) is 1. The van der Waals surface area contributed by atoms with E-state index in [4.69, 9.17) is 4.74 Å². The van der Waals surface area contributed by atoms with Gasteiger partial charge in [-0.15, -0.1) is 22.7 Å². The highest BCUT2D eigenvalue weighted by molar-refractivity contribution is 7.16. The molecule has 0 radical (unpaired) electrons. The maximum absolute atomic E-state index is 12.1. The van der Waals surface area contributed by atoms with Crippen LogP contribution >= 0.6 is 22.7 Å². The second-order valence-corrected chi connectivity index (χ2v) is 6.96. The van der Waals surface area contributed by atoms with E-state index >= 15 is 0 Å². The molecule has 0 saturated heterocycles. The predicted molar refractivity (Wildman–Crippen MR) is 95.7 cm³/mol. The van der Waals surface area contributed by atoms with Gasteiger partial charge in [0.05, 0.1) is 17.2 Å². The van der Waals surface area contributed by atoms with Crippen LogP contribution in [0.5, 0.6) is 5.75 Å². The minimum atomic E-state index is -0.119. The molecule has 6 heteroatoms. The van der Waals surface area contributed by atoms with Gasteiger partial charge in [-0.05, 0) is 49.6 Å². The lowest BCUT2D eigenvalue weighted by Gasteiger charge is -2.04. The quantitative estimate of drug-likeness (QED) is 0.721. The van der Waals surface area contributed by atoms with Gasteiger partial charge in [-0.2, -0.15) is 0 Å². The third-order valence-electron chi connectivity index (χ3n) is 3.20. The first-order chi connectivity index (χ1) is 11.2. The molecule has 0 fully saturated rings. The number of anilines is 1. The number of ether oxygens (including phenoxy) is 1. The van der Waals surface area contributed by atoms with E-state index in [1.54, 1.807) is 6.07 Å². The van der Waals surface area contributed by atoms with Crippen molar-refractivity contribution in [2.24, 2.45) is 0 Å². The minimum absolute atomic E-state index is 0.119. The van der Waals surface area contributed by atoms with Gasteiger partial charge in [-0.3, -0.25) is 10.1 Å². The summed E-state index contributed by atoms with van der Waals surface area (Å²) in [6.07, 6.45) is 0. The van der Waals surface area contributed by atoms with Gasteiger partial charge in [0.25, 0.3) is 5.91 Å². The third-order valence-corrected chi connectivity index (χ3v) is 4.96. The molecule has 0 bridgehead atoms. The highest BCUT2D eigenvalue weighted by Crippen LogP contribution is 2.31. The summed E-state index contributed by atoms with van der Waals surface area (Å²) in [5, 5.41) is 5.36. The van der Waals surface area contributed by atoms with E-state index in [0.29, 0.717) is 16.6 Å². The lowest BCUT2D eigenvalue weighted by Crippen LogP contribution is -2.09. The second-order valence-electron chi connectivity index (χ2n) is 4.81. The predicted octanol–water partition coefficient (Wildman–Crippen LogP) is 4.83. The molecule has 1 amide bonds. The molecule has 0 unspecified atom stereocenters. The fourth-order valence-corrected chi connectivity index (χ4v) is 3.61. The van der Waals surface area contributed by atoms with Crippen LogP contribution in [0.25, 0.3) is 11.3 Å². The molecule has 3 rings (SSSR count). The molecule has 23 heavy (non-hydrogen) atoms. The third kappa shape index (κ3) is 3.60. The smallest absolute Gasteiger partial charge is 0.267 e. The van der Waals surface area contributed by atoms with Crippen LogP contribution < -0.4 is 10.1 Å². The Morgan fingerprint density at radius 3 is 2.70 bits per heavy atom. The topological polar surface area (TPSA) is 51.2 Å². The Kier molecular flexibility index (Phi) is 4.73. The van der Waals surface area contributed by atoms with Gasteiger partial charge in [-0.1, -0.05) is 6.07 Å². The molecule has 3 aromatic rings. The summed E-state index contributed by atoms with van der Waals surface area (Å²) >= 11 is 2.89. The number of nitrogens with zero attached hydrogens (tertiary/aromatic N) is 1. The average molecular weight is 344 g/mol. The zero-order chi connectivity index (χ0) is 16.2. The first-order valence-electron chi connectivity index (χ1n) is 7.23. The summed E-state index contributed by atoms with van der Waals surface area (Å²) in [7, 11) is 0. The van der Waals surface area contributed by atoms with Crippen LogP contribution in [0.3, 0.4) is 0 Å². The Balaban J connectivity index is 1.79. The Bertz CT molecular complexity index is 793.